The van der Waals surface area contributed by atoms with Gasteiger partial charge in [0, 0.05) is 20.1 Å². The number of carbonyl (C=O) groups excluding carboxylic acids is 2. The number of ketones is 2. The van der Waals surface area contributed by atoms with E-state index < -0.39 is 0 Å². The van der Waals surface area contributed by atoms with Gasteiger partial charge in [0.2, 0.25) is 0 Å². The maximum absolute atomic E-state index is 13.8. The van der Waals surface area contributed by atoms with E-state index in [1.807, 2.05) is 170 Å². The zero-order valence-corrected chi connectivity index (χ0v) is 30.2. The van der Waals surface area contributed by atoms with Gasteiger partial charge in [0.25, 0.3) is 0 Å². The van der Waals surface area contributed by atoms with E-state index in [4.69, 9.17) is 0 Å². The predicted molar refractivity (Wildman–Crippen MR) is 215 cm³/mol. The molecule has 0 fully saturated rings. The molecule has 0 saturated heterocycles. The van der Waals surface area contributed by atoms with E-state index >= 15 is 0 Å². The molecule has 0 spiro atoms. The van der Waals surface area contributed by atoms with Crippen LogP contribution in [0.5, 0.6) is 0 Å². The van der Waals surface area contributed by atoms with Gasteiger partial charge in [0.05, 0.1) is 0 Å². The standard InChI is InChI=1S/C46H32Br2O2/c47-39-25-21-37(22-26-39)45(49)31-43(35-17-9-3-10-18-35)41(33-13-5-1-6-14-33)29-30-42(34-15-7-2-8-16-34)44(36-19-11-4-12-20-36)32-46(50)38-23-27-40(48)28-24-38/h1-32H/b41-29+,42-30+,43-31+,44-32+. The lowest BCUT2D eigenvalue weighted by molar-refractivity contribution is 0.103. The number of allylic oxidation sites excluding steroid dienone is 8. The zero-order chi connectivity index (χ0) is 34.7. The lowest BCUT2D eigenvalue weighted by Crippen LogP contribution is -2.00. The third-order valence-electron chi connectivity index (χ3n) is 8.14. The van der Waals surface area contributed by atoms with Crippen molar-refractivity contribution in [3.63, 3.8) is 0 Å². The Kier molecular flexibility index (Phi) is 11.6. The Morgan fingerprint density at radius 1 is 0.320 bits per heavy atom. The Hall–Kier alpha value is -5.42. The Balaban J connectivity index is 1.59. The largest absolute Gasteiger partial charge is 0.289 e. The number of rotatable bonds is 11. The number of carbonyl (C=O) groups is 2. The third-order valence-corrected chi connectivity index (χ3v) is 9.20. The van der Waals surface area contributed by atoms with Crippen molar-refractivity contribution in [2.24, 2.45) is 0 Å². The minimum Gasteiger partial charge on any atom is -0.289 e. The highest BCUT2D eigenvalue weighted by Crippen LogP contribution is 2.36. The predicted octanol–water partition coefficient (Wildman–Crippen LogP) is 12.6. The van der Waals surface area contributed by atoms with Crippen LogP contribution in [0.1, 0.15) is 43.0 Å². The molecule has 0 aliphatic rings. The van der Waals surface area contributed by atoms with Crippen molar-refractivity contribution in [2.45, 2.75) is 0 Å². The van der Waals surface area contributed by atoms with Crippen molar-refractivity contribution in [2.75, 3.05) is 0 Å². The molecule has 0 aromatic heterocycles. The second-order valence-electron chi connectivity index (χ2n) is 11.5. The van der Waals surface area contributed by atoms with E-state index in [1.165, 1.54) is 0 Å². The van der Waals surface area contributed by atoms with Gasteiger partial charge in [0.1, 0.15) is 0 Å². The minimum absolute atomic E-state index is 0.101. The van der Waals surface area contributed by atoms with Gasteiger partial charge in [-0.05, 0) is 105 Å². The summed E-state index contributed by atoms with van der Waals surface area (Å²) in [5, 5.41) is 0. The first kappa shape index (κ1) is 34.4. The van der Waals surface area contributed by atoms with Crippen LogP contribution in [-0.4, -0.2) is 11.6 Å². The highest BCUT2D eigenvalue weighted by atomic mass is 79.9. The highest BCUT2D eigenvalue weighted by Gasteiger charge is 2.17. The van der Waals surface area contributed by atoms with Crippen molar-refractivity contribution in [3.05, 3.63) is 236 Å². The van der Waals surface area contributed by atoms with E-state index in [1.54, 1.807) is 12.2 Å². The van der Waals surface area contributed by atoms with Gasteiger partial charge in [0.15, 0.2) is 11.6 Å². The van der Waals surface area contributed by atoms with E-state index in [9.17, 15) is 9.59 Å². The molecule has 6 rings (SSSR count). The van der Waals surface area contributed by atoms with E-state index in [0.29, 0.717) is 11.1 Å². The first-order valence-electron chi connectivity index (χ1n) is 16.1. The smallest absolute Gasteiger partial charge is 0.186 e. The SMILES string of the molecule is O=C(/C=C(/C(=C/C=C(/C(=C/C(=O)c1ccc(Br)cc1)c1ccccc1)c1ccccc1)c1ccccc1)c1ccccc1)c1ccc(Br)cc1. The summed E-state index contributed by atoms with van der Waals surface area (Å²) < 4.78 is 1.82. The maximum atomic E-state index is 13.8. The van der Waals surface area contributed by atoms with E-state index in [2.05, 4.69) is 44.0 Å². The molecule has 4 heteroatoms. The quantitative estimate of drug-likeness (QED) is 0.0746. The van der Waals surface area contributed by atoms with E-state index in [0.717, 1.165) is 53.5 Å². The van der Waals surface area contributed by atoms with Crippen LogP contribution in [0.2, 0.25) is 0 Å². The van der Waals surface area contributed by atoms with Gasteiger partial charge >= 0.3 is 0 Å². The molecule has 0 radical (unpaired) electrons. The summed E-state index contributed by atoms with van der Waals surface area (Å²) in [6, 6.07) is 54.9. The normalized spacial score (nSPS) is 12.4. The highest BCUT2D eigenvalue weighted by molar-refractivity contribution is 9.10. The topological polar surface area (TPSA) is 34.1 Å². The van der Waals surface area contributed by atoms with Gasteiger partial charge < -0.3 is 0 Å². The molecule has 2 nitrogen and oxygen atoms in total. The zero-order valence-electron chi connectivity index (χ0n) is 27.0. The molecule has 0 N–H and O–H groups in total. The second kappa shape index (κ2) is 16.8. The average Bonchev–Trinajstić information content (AvgIpc) is 3.17. The number of benzene rings is 6. The summed E-state index contributed by atoms with van der Waals surface area (Å²) in [5.74, 6) is -0.203. The molecule has 0 unspecified atom stereocenters. The maximum Gasteiger partial charge on any atom is 0.186 e. The van der Waals surface area contributed by atoms with Crippen LogP contribution in [-0.2, 0) is 0 Å². The third kappa shape index (κ3) is 8.78. The second-order valence-corrected chi connectivity index (χ2v) is 13.3. The Morgan fingerprint density at radius 2 is 0.580 bits per heavy atom. The number of hydrogen-bond donors (Lipinski definition) is 0. The summed E-state index contributed by atoms with van der Waals surface area (Å²) in [4.78, 5) is 27.6. The lowest BCUT2D eigenvalue weighted by Gasteiger charge is -2.16. The van der Waals surface area contributed by atoms with Crippen LogP contribution in [0.15, 0.2) is 203 Å². The van der Waals surface area contributed by atoms with Gasteiger partial charge in [-0.15, -0.1) is 0 Å². The lowest BCUT2D eigenvalue weighted by atomic mass is 9.87. The molecule has 242 valence electrons. The van der Waals surface area contributed by atoms with Crippen LogP contribution in [0.3, 0.4) is 0 Å². The molecule has 0 bridgehead atoms. The Labute approximate surface area is 310 Å². The van der Waals surface area contributed by atoms with E-state index in [-0.39, 0.29) is 11.6 Å². The molecule has 6 aromatic carbocycles. The Morgan fingerprint density at radius 3 is 0.860 bits per heavy atom. The summed E-state index contributed by atoms with van der Waals surface area (Å²) in [6.45, 7) is 0. The summed E-state index contributed by atoms with van der Waals surface area (Å²) >= 11 is 6.96. The molecule has 0 saturated carbocycles. The number of hydrogen-bond acceptors (Lipinski definition) is 2. The van der Waals surface area contributed by atoms with Crippen molar-refractivity contribution in [1.82, 2.24) is 0 Å². The van der Waals surface area contributed by atoms with Gasteiger partial charge in [-0.2, -0.15) is 0 Å². The molecule has 6 aromatic rings. The molecule has 0 aliphatic heterocycles. The molecule has 0 amide bonds. The summed E-state index contributed by atoms with van der Waals surface area (Å²) in [6.07, 6.45) is 7.56. The Bertz CT molecular complexity index is 2040. The minimum atomic E-state index is -0.101. The van der Waals surface area contributed by atoms with Crippen LogP contribution in [0.4, 0.5) is 0 Å². The average molecular weight is 777 g/mol. The van der Waals surface area contributed by atoms with Gasteiger partial charge in [-0.1, -0.05) is 165 Å². The monoisotopic (exact) mass is 774 g/mol. The van der Waals surface area contributed by atoms with Gasteiger partial charge in [-0.3, -0.25) is 9.59 Å². The fourth-order valence-electron chi connectivity index (χ4n) is 5.61. The molecule has 0 atom stereocenters. The molecular formula is C46H32Br2O2. The van der Waals surface area contributed by atoms with Crippen molar-refractivity contribution >= 4 is 65.7 Å². The van der Waals surface area contributed by atoms with Crippen molar-refractivity contribution < 1.29 is 9.59 Å². The van der Waals surface area contributed by atoms with Crippen LogP contribution >= 0.6 is 31.9 Å². The number of halogens is 2. The van der Waals surface area contributed by atoms with Crippen LogP contribution in [0.25, 0.3) is 22.3 Å². The summed E-state index contributed by atoms with van der Waals surface area (Å²) in [7, 11) is 0. The van der Waals surface area contributed by atoms with Crippen LogP contribution in [0, 0.1) is 0 Å². The fraction of sp³-hybridized carbons (Fsp3) is 0. The first-order valence-corrected chi connectivity index (χ1v) is 17.7. The fourth-order valence-corrected chi connectivity index (χ4v) is 6.14. The van der Waals surface area contributed by atoms with Crippen molar-refractivity contribution in [1.29, 1.82) is 0 Å². The summed E-state index contributed by atoms with van der Waals surface area (Å²) in [5.41, 5.74) is 8.19. The first-order chi connectivity index (χ1) is 24.5. The molecule has 0 heterocycles. The van der Waals surface area contributed by atoms with Gasteiger partial charge in [-0.25, -0.2) is 0 Å². The molecular weight excluding hydrogens is 744 g/mol. The van der Waals surface area contributed by atoms with Crippen LogP contribution < -0.4 is 0 Å². The molecule has 0 aliphatic carbocycles. The van der Waals surface area contributed by atoms with Crippen molar-refractivity contribution in [3.8, 4) is 0 Å². The molecule has 50 heavy (non-hydrogen) atoms.